The number of anilines is 1. The average molecular weight is 262 g/mol. The number of hydrogen-bond acceptors (Lipinski definition) is 2. The van der Waals surface area contributed by atoms with E-state index in [1.54, 1.807) is 12.1 Å². The Balaban J connectivity index is 2.19. The number of para-hydroxylation sites is 1. The van der Waals surface area contributed by atoms with Crippen molar-refractivity contribution in [1.82, 2.24) is 0 Å². The van der Waals surface area contributed by atoms with Crippen molar-refractivity contribution in [1.29, 1.82) is 0 Å². The van der Waals surface area contributed by atoms with Crippen molar-refractivity contribution >= 4 is 17.3 Å². The van der Waals surface area contributed by atoms with E-state index in [0.717, 1.165) is 22.4 Å². The molecule has 2 aromatic rings. The van der Waals surface area contributed by atoms with Crippen LogP contribution in [0.3, 0.4) is 0 Å². The summed E-state index contributed by atoms with van der Waals surface area (Å²) < 4.78 is 5.85. The molecule has 0 saturated heterocycles. The summed E-state index contributed by atoms with van der Waals surface area (Å²) in [5.41, 5.74) is 9.58. The van der Waals surface area contributed by atoms with Crippen molar-refractivity contribution in [3.8, 4) is 5.75 Å². The first kappa shape index (κ1) is 12.8. The molecule has 0 radical (unpaired) electrons. The molecule has 0 amide bonds. The third-order valence-electron chi connectivity index (χ3n) is 2.85. The predicted octanol–water partition coefficient (Wildman–Crippen LogP) is 4.12. The van der Waals surface area contributed by atoms with E-state index < -0.39 is 0 Å². The fourth-order valence-electron chi connectivity index (χ4n) is 1.88. The first-order valence-corrected chi connectivity index (χ1v) is 6.18. The highest BCUT2D eigenvalue weighted by Crippen LogP contribution is 2.25. The summed E-state index contributed by atoms with van der Waals surface area (Å²) in [6.07, 6.45) is 0. The monoisotopic (exact) mass is 261 g/mol. The summed E-state index contributed by atoms with van der Waals surface area (Å²) in [6, 6.07) is 11.5. The van der Waals surface area contributed by atoms with Crippen LogP contribution >= 0.6 is 11.6 Å². The molecular formula is C15H16ClNO. The molecule has 18 heavy (non-hydrogen) atoms. The van der Waals surface area contributed by atoms with E-state index in [0.29, 0.717) is 17.3 Å². The van der Waals surface area contributed by atoms with Crippen LogP contribution < -0.4 is 10.5 Å². The summed E-state index contributed by atoms with van der Waals surface area (Å²) in [5, 5.41) is 0.676. The van der Waals surface area contributed by atoms with E-state index in [9.17, 15) is 0 Å². The minimum atomic E-state index is 0.426. The molecule has 3 heteroatoms. The van der Waals surface area contributed by atoms with Gasteiger partial charge in [0.15, 0.2) is 0 Å². The van der Waals surface area contributed by atoms with Gasteiger partial charge in [-0.05, 0) is 43.2 Å². The molecule has 0 atom stereocenters. The number of nitrogen functional groups attached to an aromatic ring is 1. The van der Waals surface area contributed by atoms with Gasteiger partial charge in [0.05, 0.1) is 0 Å². The molecule has 2 rings (SSSR count). The average Bonchev–Trinajstić information content (AvgIpc) is 2.33. The highest BCUT2D eigenvalue weighted by atomic mass is 35.5. The second kappa shape index (κ2) is 5.32. The smallest absolute Gasteiger partial charge is 0.125 e. The summed E-state index contributed by atoms with van der Waals surface area (Å²) in [4.78, 5) is 0. The van der Waals surface area contributed by atoms with E-state index in [1.165, 1.54) is 0 Å². The Bertz CT molecular complexity index is 546. The molecule has 0 aromatic heterocycles. The van der Waals surface area contributed by atoms with Crippen LogP contribution in [0.4, 0.5) is 5.69 Å². The first-order chi connectivity index (χ1) is 8.58. The molecule has 0 saturated carbocycles. The van der Waals surface area contributed by atoms with Gasteiger partial charge in [-0.3, -0.25) is 0 Å². The van der Waals surface area contributed by atoms with Gasteiger partial charge < -0.3 is 10.5 Å². The van der Waals surface area contributed by atoms with Gasteiger partial charge in [0.2, 0.25) is 0 Å². The van der Waals surface area contributed by atoms with Crippen LogP contribution in [0.1, 0.15) is 16.7 Å². The fourth-order valence-corrected chi connectivity index (χ4v) is 2.05. The van der Waals surface area contributed by atoms with E-state index >= 15 is 0 Å². The lowest BCUT2D eigenvalue weighted by Crippen LogP contribution is -2.00. The van der Waals surface area contributed by atoms with Crippen molar-refractivity contribution in [2.24, 2.45) is 0 Å². The van der Waals surface area contributed by atoms with Crippen LogP contribution in [-0.4, -0.2) is 0 Å². The number of benzene rings is 2. The number of hydrogen-bond donors (Lipinski definition) is 1. The van der Waals surface area contributed by atoms with Gasteiger partial charge in [-0.25, -0.2) is 0 Å². The summed E-state index contributed by atoms with van der Waals surface area (Å²) in [5.74, 6) is 0.913. The Morgan fingerprint density at radius 3 is 2.44 bits per heavy atom. The third kappa shape index (κ3) is 2.77. The molecule has 0 fully saturated rings. The van der Waals surface area contributed by atoms with Crippen LogP contribution in [-0.2, 0) is 6.61 Å². The van der Waals surface area contributed by atoms with Crippen LogP contribution in [0.5, 0.6) is 5.75 Å². The molecule has 94 valence electrons. The van der Waals surface area contributed by atoms with Crippen LogP contribution in [0.2, 0.25) is 5.02 Å². The molecule has 2 aromatic carbocycles. The minimum Gasteiger partial charge on any atom is -0.488 e. The zero-order chi connectivity index (χ0) is 13.1. The number of aryl methyl sites for hydroxylation is 2. The molecule has 0 aliphatic rings. The lowest BCUT2D eigenvalue weighted by molar-refractivity contribution is 0.302. The standard InChI is InChI=1S/C15H16ClNO/c1-10-4-3-5-11(2)15(10)18-9-12-8-13(17)6-7-14(12)16/h3-8H,9,17H2,1-2H3. The van der Waals surface area contributed by atoms with E-state index in [-0.39, 0.29) is 0 Å². The van der Waals surface area contributed by atoms with E-state index in [2.05, 4.69) is 0 Å². The first-order valence-electron chi connectivity index (χ1n) is 5.81. The highest BCUT2D eigenvalue weighted by Gasteiger charge is 2.06. The number of ether oxygens (including phenoxy) is 1. The summed E-state index contributed by atoms with van der Waals surface area (Å²) in [6.45, 7) is 4.49. The van der Waals surface area contributed by atoms with Gasteiger partial charge >= 0.3 is 0 Å². The van der Waals surface area contributed by atoms with Crippen molar-refractivity contribution in [2.45, 2.75) is 20.5 Å². The molecule has 0 aliphatic heterocycles. The zero-order valence-electron chi connectivity index (χ0n) is 10.5. The minimum absolute atomic E-state index is 0.426. The second-order valence-corrected chi connectivity index (χ2v) is 4.77. The van der Waals surface area contributed by atoms with E-state index in [4.69, 9.17) is 22.1 Å². The van der Waals surface area contributed by atoms with Crippen molar-refractivity contribution in [2.75, 3.05) is 5.73 Å². The topological polar surface area (TPSA) is 35.2 Å². The normalized spacial score (nSPS) is 10.4. The van der Waals surface area contributed by atoms with Crippen molar-refractivity contribution < 1.29 is 4.74 Å². The third-order valence-corrected chi connectivity index (χ3v) is 3.22. The predicted molar refractivity (Wildman–Crippen MR) is 76.1 cm³/mol. The molecular weight excluding hydrogens is 246 g/mol. The Labute approximate surface area is 112 Å². The number of nitrogens with two attached hydrogens (primary N) is 1. The molecule has 0 heterocycles. The van der Waals surface area contributed by atoms with Crippen molar-refractivity contribution in [3.05, 3.63) is 58.1 Å². The zero-order valence-corrected chi connectivity index (χ0v) is 11.3. The highest BCUT2D eigenvalue weighted by molar-refractivity contribution is 6.31. The van der Waals surface area contributed by atoms with E-state index in [1.807, 2.05) is 38.1 Å². The molecule has 2 nitrogen and oxygen atoms in total. The molecule has 2 N–H and O–H groups in total. The molecule has 0 bridgehead atoms. The maximum absolute atomic E-state index is 6.11. The van der Waals surface area contributed by atoms with Gasteiger partial charge in [-0.2, -0.15) is 0 Å². The van der Waals surface area contributed by atoms with Gasteiger partial charge in [-0.15, -0.1) is 0 Å². The Hall–Kier alpha value is -1.67. The Morgan fingerprint density at radius 2 is 1.78 bits per heavy atom. The Morgan fingerprint density at radius 1 is 1.11 bits per heavy atom. The summed E-state index contributed by atoms with van der Waals surface area (Å²) >= 11 is 6.11. The van der Waals surface area contributed by atoms with Crippen LogP contribution in [0, 0.1) is 13.8 Å². The number of halogens is 1. The van der Waals surface area contributed by atoms with Crippen LogP contribution in [0.25, 0.3) is 0 Å². The number of rotatable bonds is 3. The van der Waals surface area contributed by atoms with Gasteiger partial charge in [0, 0.05) is 16.3 Å². The maximum Gasteiger partial charge on any atom is 0.125 e. The van der Waals surface area contributed by atoms with Gasteiger partial charge in [-0.1, -0.05) is 29.8 Å². The quantitative estimate of drug-likeness (QED) is 0.844. The summed E-state index contributed by atoms with van der Waals surface area (Å²) in [7, 11) is 0. The SMILES string of the molecule is Cc1cccc(C)c1OCc1cc(N)ccc1Cl. The largest absolute Gasteiger partial charge is 0.488 e. The molecule has 0 unspecified atom stereocenters. The maximum atomic E-state index is 6.11. The van der Waals surface area contributed by atoms with Gasteiger partial charge in [0.25, 0.3) is 0 Å². The van der Waals surface area contributed by atoms with Crippen molar-refractivity contribution in [3.63, 3.8) is 0 Å². The molecule has 0 aliphatic carbocycles. The van der Waals surface area contributed by atoms with Crippen LogP contribution in [0.15, 0.2) is 36.4 Å². The lowest BCUT2D eigenvalue weighted by atomic mass is 10.1. The Kier molecular flexibility index (Phi) is 3.78. The second-order valence-electron chi connectivity index (χ2n) is 4.36. The lowest BCUT2D eigenvalue weighted by Gasteiger charge is -2.13. The fraction of sp³-hybridized carbons (Fsp3) is 0.200. The molecule has 0 spiro atoms. The van der Waals surface area contributed by atoms with Gasteiger partial charge in [0.1, 0.15) is 12.4 Å².